The van der Waals surface area contributed by atoms with Gasteiger partial charge in [0, 0.05) is 12.5 Å². The first kappa shape index (κ1) is 14.5. The zero-order valence-electron chi connectivity index (χ0n) is 10.2. The Morgan fingerprint density at radius 2 is 2.15 bits per heavy atom. The van der Waals surface area contributed by atoms with E-state index in [4.69, 9.17) is 23.2 Å². The van der Waals surface area contributed by atoms with Crippen LogP contribution in [-0.4, -0.2) is 23.7 Å². The molecule has 0 bridgehead atoms. The van der Waals surface area contributed by atoms with Gasteiger partial charge < -0.3 is 10.2 Å². The molecule has 1 aliphatic rings. The Balaban J connectivity index is 2.33. The molecule has 0 aliphatic carbocycles. The highest BCUT2D eigenvalue weighted by atomic mass is 35.5. The van der Waals surface area contributed by atoms with Crippen LogP contribution in [0.2, 0.25) is 10.0 Å². The fraction of sp³-hybridized carbons (Fsp3) is 0.273. The van der Waals surface area contributed by atoms with Crippen molar-refractivity contribution in [3.05, 3.63) is 37.9 Å². The van der Waals surface area contributed by atoms with Crippen LogP contribution in [-0.2, 0) is 9.53 Å². The van der Waals surface area contributed by atoms with Crippen molar-refractivity contribution < 1.29 is 14.5 Å². The van der Waals surface area contributed by atoms with E-state index in [0.29, 0.717) is 5.56 Å². The van der Waals surface area contributed by atoms with Crippen LogP contribution in [0.5, 0.6) is 0 Å². The van der Waals surface area contributed by atoms with E-state index < -0.39 is 16.9 Å². The molecule has 1 aromatic rings. The predicted octanol–water partition coefficient (Wildman–Crippen LogP) is 2.47. The number of carbonyl (C=O) groups excluding carboxylic acids is 1. The lowest BCUT2D eigenvalue weighted by Gasteiger charge is -2.11. The third kappa shape index (κ3) is 2.68. The van der Waals surface area contributed by atoms with Crippen molar-refractivity contribution in [1.29, 1.82) is 0 Å². The fourth-order valence-electron chi connectivity index (χ4n) is 1.86. The van der Waals surface area contributed by atoms with E-state index in [1.807, 2.05) is 0 Å². The van der Waals surface area contributed by atoms with Crippen LogP contribution in [0.25, 0.3) is 0 Å². The summed E-state index contributed by atoms with van der Waals surface area (Å²) in [5, 5.41) is 15.2. The number of halogens is 2. The highest BCUT2D eigenvalue weighted by Gasteiger charge is 2.31. The number of carbonyl (C=O) groups is 1. The lowest BCUT2D eigenvalue weighted by atomic mass is 10.0. The number of nitrogens with one attached hydrogen (secondary N) is 1. The first-order chi connectivity index (χ1) is 9.43. The summed E-state index contributed by atoms with van der Waals surface area (Å²) < 4.78 is 4.55. The van der Waals surface area contributed by atoms with Gasteiger partial charge in [-0.25, -0.2) is 4.79 Å². The lowest BCUT2D eigenvalue weighted by molar-refractivity contribution is -0.385. The van der Waals surface area contributed by atoms with Crippen molar-refractivity contribution in [3.8, 4) is 0 Å². The van der Waals surface area contributed by atoms with Gasteiger partial charge in [0.1, 0.15) is 5.71 Å². The van der Waals surface area contributed by atoms with Crippen molar-refractivity contribution in [3.63, 3.8) is 0 Å². The number of nitrogens with zero attached hydrogens (tertiary/aromatic N) is 2. The van der Waals surface area contributed by atoms with Gasteiger partial charge in [0.25, 0.3) is 5.69 Å². The number of nitro benzene ring substituents is 1. The van der Waals surface area contributed by atoms with Gasteiger partial charge in [-0.2, -0.15) is 5.10 Å². The number of hydrogen-bond acceptors (Lipinski definition) is 6. The smallest absolute Gasteiger partial charge is 0.354 e. The zero-order valence-corrected chi connectivity index (χ0v) is 11.7. The van der Waals surface area contributed by atoms with E-state index in [1.165, 1.54) is 19.2 Å². The minimum absolute atomic E-state index is 0.0919. The molecular weight excluding hydrogens is 309 g/mol. The summed E-state index contributed by atoms with van der Waals surface area (Å²) in [7, 11) is 1.24. The minimum atomic E-state index is -0.581. The van der Waals surface area contributed by atoms with Crippen molar-refractivity contribution in [2.75, 3.05) is 7.11 Å². The van der Waals surface area contributed by atoms with E-state index in [0.717, 1.165) is 0 Å². The number of hydrazone groups is 1. The maximum absolute atomic E-state index is 11.4. The second-order valence-corrected chi connectivity index (χ2v) is 4.83. The molecule has 1 heterocycles. The summed E-state index contributed by atoms with van der Waals surface area (Å²) in [6, 6.07) is 2.05. The van der Waals surface area contributed by atoms with E-state index in [2.05, 4.69) is 15.3 Å². The van der Waals surface area contributed by atoms with Crippen molar-refractivity contribution in [1.82, 2.24) is 5.43 Å². The predicted molar refractivity (Wildman–Crippen MR) is 73.1 cm³/mol. The zero-order chi connectivity index (χ0) is 14.9. The van der Waals surface area contributed by atoms with Gasteiger partial charge in [-0.05, 0) is 6.07 Å². The summed E-state index contributed by atoms with van der Waals surface area (Å²) >= 11 is 11.7. The van der Waals surface area contributed by atoms with E-state index in [9.17, 15) is 14.9 Å². The first-order valence-electron chi connectivity index (χ1n) is 5.47. The number of esters is 1. The second-order valence-electron chi connectivity index (χ2n) is 4.02. The fourth-order valence-corrected chi connectivity index (χ4v) is 2.19. The monoisotopic (exact) mass is 317 g/mol. The van der Waals surface area contributed by atoms with Crippen molar-refractivity contribution in [2.45, 2.75) is 12.5 Å². The number of benzene rings is 1. The topological polar surface area (TPSA) is 93.8 Å². The molecule has 9 heteroatoms. The van der Waals surface area contributed by atoms with Gasteiger partial charge in [0.15, 0.2) is 0 Å². The van der Waals surface area contributed by atoms with Gasteiger partial charge in [0.2, 0.25) is 0 Å². The van der Waals surface area contributed by atoms with Crippen LogP contribution in [0.3, 0.4) is 0 Å². The SMILES string of the molecule is COC(=O)C1=NNC(c2cc(Cl)c(Cl)cc2[N+](=O)[O-])C1. The van der Waals surface area contributed by atoms with Gasteiger partial charge in [-0.1, -0.05) is 23.2 Å². The largest absolute Gasteiger partial charge is 0.464 e. The Morgan fingerprint density at radius 3 is 2.75 bits per heavy atom. The molecule has 0 saturated heterocycles. The highest BCUT2D eigenvalue weighted by Crippen LogP contribution is 2.36. The molecule has 106 valence electrons. The summed E-state index contributed by atoms with van der Waals surface area (Å²) in [4.78, 5) is 21.9. The molecule has 7 nitrogen and oxygen atoms in total. The van der Waals surface area contributed by atoms with Gasteiger partial charge in [-0.15, -0.1) is 0 Å². The molecular formula is C11H9Cl2N3O4. The third-order valence-electron chi connectivity index (χ3n) is 2.82. The average Bonchev–Trinajstić information content (AvgIpc) is 2.89. The second kappa shape index (κ2) is 5.64. The molecule has 0 spiro atoms. The van der Waals surface area contributed by atoms with Crippen molar-refractivity contribution >= 4 is 40.6 Å². The maximum Gasteiger partial charge on any atom is 0.354 e. The molecule has 0 saturated carbocycles. The number of hydrogen-bond donors (Lipinski definition) is 1. The molecule has 1 atom stereocenters. The maximum atomic E-state index is 11.4. The minimum Gasteiger partial charge on any atom is -0.464 e. The highest BCUT2D eigenvalue weighted by molar-refractivity contribution is 6.42. The van der Waals surface area contributed by atoms with Crippen LogP contribution in [0, 0.1) is 10.1 Å². The number of rotatable bonds is 3. The summed E-state index contributed by atoms with van der Waals surface area (Å²) in [5.41, 5.74) is 2.96. The summed E-state index contributed by atoms with van der Waals surface area (Å²) in [6.07, 6.45) is 0.172. The van der Waals surface area contributed by atoms with Crippen LogP contribution in [0.15, 0.2) is 17.2 Å². The van der Waals surface area contributed by atoms with Crippen LogP contribution < -0.4 is 5.43 Å². The molecule has 1 aliphatic heterocycles. The molecule has 2 rings (SSSR count). The van der Waals surface area contributed by atoms with Crippen LogP contribution >= 0.6 is 23.2 Å². The van der Waals surface area contributed by atoms with Gasteiger partial charge in [-0.3, -0.25) is 10.1 Å². The van der Waals surface area contributed by atoms with E-state index in [1.54, 1.807) is 0 Å². The molecule has 20 heavy (non-hydrogen) atoms. The Morgan fingerprint density at radius 1 is 1.50 bits per heavy atom. The van der Waals surface area contributed by atoms with Crippen molar-refractivity contribution in [2.24, 2.45) is 5.10 Å². The molecule has 0 aromatic heterocycles. The third-order valence-corrected chi connectivity index (χ3v) is 3.54. The quantitative estimate of drug-likeness (QED) is 0.525. The molecule has 1 aromatic carbocycles. The number of nitro groups is 1. The molecule has 1 N–H and O–H groups in total. The van der Waals surface area contributed by atoms with Crippen LogP contribution in [0.1, 0.15) is 18.0 Å². The Hall–Kier alpha value is -1.86. The Labute approximate surface area is 123 Å². The Kier molecular flexibility index (Phi) is 4.10. The summed E-state index contributed by atoms with van der Waals surface area (Å²) in [5.74, 6) is -0.581. The first-order valence-corrected chi connectivity index (χ1v) is 6.23. The molecule has 1 unspecified atom stereocenters. The molecule has 0 radical (unpaired) electrons. The Bertz CT molecular complexity index is 618. The molecule has 0 amide bonds. The number of methoxy groups -OCH3 is 1. The lowest BCUT2D eigenvalue weighted by Crippen LogP contribution is -2.15. The van der Waals surface area contributed by atoms with E-state index in [-0.39, 0.29) is 27.9 Å². The molecule has 0 fully saturated rings. The van der Waals surface area contributed by atoms with Crippen LogP contribution in [0.4, 0.5) is 5.69 Å². The summed E-state index contributed by atoms with van der Waals surface area (Å²) in [6.45, 7) is 0. The normalized spacial score (nSPS) is 17.4. The standard InChI is InChI=1S/C11H9Cl2N3O4/c1-20-11(17)9-4-8(14-15-9)5-2-6(12)7(13)3-10(5)16(18)19/h2-3,8,14H,4H2,1H3. The average molecular weight is 318 g/mol. The van der Waals surface area contributed by atoms with Gasteiger partial charge >= 0.3 is 5.97 Å². The van der Waals surface area contributed by atoms with E-state index >= 15 is 0 Å². The number of ether oxygens (including phenoxy) is 1. The van der Waals surface area contributed by atoms with Gasteiger partial charge in [0.05, 0.1) is 33.7 Å².